The average molecular weight is 276 g/mol. The average Bonchev–Trinajstić information content (AvgIpc) is 2.33. The van der Waals surface area contributed by atoms with Crippen LogP contribution < -0.4 is 5.32 Å². The molecule has 0 spiro atoms. The maximum Gasteiger partial charge on any atom is 0.393 e. The van der Waals surface area contributed by atoms with Gasteiger partial charge in [-0.05, 0) is 24.7 Å². The summed E-state index contributed by atoms with van der Waals surface area (Å²) in [5.41, 5.74) is -0.136. The van der Waals surface area contributed by atoms with Crippen LogP contribution in [0, 0.1) is 22.7 Å². The molecule has 1 aliphatic rings. The van der Waals surface area contributed by atoms with Gasteiger partial charge in [-0.1, -0.05) is 26.7 Å². The summed E-state index contributed by atoms with van der Waals surface area (Å²) in [7, 11) is 0. The van der Waals surface area contributed by atoms with E-state index in [1.165, 1.54) is 0 Å². The number of rotatable bonds is 5. The van der Waals surface area contributed by atoms with E-state index in [0.717, 1.165) is 6.42 Å². The molecule has 0 aromatic carbocycles. The highest BCUT2D eigenvalue weighted by atomic mass is 19.4. The summed E-state index contributed by atoms with van der Waals surface area (Å²) in [6.07, 6.45) is -0.585. The summed E-state index contributed by atoms with van der Waals surface area (Å²) < 4.78 is 38.8. The Balaban J connectivity index is 2.52. The first-order valence-electron chi connectivity index (χ1n) is 6.93. The summed E-state index contributed by atoms with van der Waals surface area (Å²) in [6, 6.07) is 1.62. The van der Waals surface area contributed by atoms with Crippen molar-refractivity contribution in [3.8, 4) is 6.07 Å². The van der Waals surface area contributed by atoms with Crippen LogP contribution >= 0.6 is 0 Å². The molecule has 0 aromatic heterocycles. The van der Waals surface area contributed by atoms with Crippen LogP contribution in [0.2, 0.25) is 0 Å². The molecule has 110 valence electrons. The van der Waals surface area contributed by atoms with Crippen LogP contribution in [0.15, 0.2) is 0 Å². The maximum absolute atomic E-state index is 12.9. The number of nitriles is 1. The maximum atomic E-state index is 12.9. The monoisotopic (exact) mass is 276 g/mol. The highest BCUT2D eigenvalue weighted by Gasteiger charge is 2.45. The topological polar surface area (TPSA) is 35.8 Å². The van der Waals surface area contributed by atoms with Crippen LogP contribution in [0.4, 0.5) is 13.2 Å². The summed E-state index contributed by atoms with van der Waals surface area (Å²) in [4.78, 5) is 0. The van der Waals surface area contributed by atoms with E-state index >= 15 is 0 Å². The minimum absolute atomic E-state index is 0.136. The molecule has 0 bridgehead atoms. The van der Waals surface area contributed by atoms with Crippen molar-refractivity contribution in [2.24, 2.45) is 11.3 Å². The Hall–Kier alpha value is -0.760. The van der Waals surface area contributed by atoms with Gasteiger partial charge in [0.05, 0.1) is 12.0 Å². The van der Waals surface area contributed by atoms with Gasteiger partial charge < -0.3 is 5.32 Å². The lowest BCUT2D eigenvalue weighted by molar-refractivity contribution is -0.189. The summed E-state index contributed by atoms with van der Waals surface area (Å²) >= 11 is 0. The van der Waals surface area contributed by atoms with Crippen molar-refractivity contribution in [2.75, 3.05) is 6.54 Å². The van der Waals surface area contributed by atoms with Crippen molar-refractivity contribution >= 4 is 0 Å². The van der Waals surface area contributed by atoms with Gasteiger partial charge in [-0.3, -0.25) is 0 Å². The summed E-state index contributed by atoms with van der Waals surface area (Å²) in [6.45, 7) is 4.51. The molecule has 2 atom stereocenters. The highest BCUT2D eigenvalue weighted by molar-refractivity contribution is 4.88. The van der Waals surface area contributed by atoms with Gasteiger partial charge in [-0.25, -0.2) is 0 Å². The molecule has 1 aliphatic carbocycles. The molecule has 0 aliphatic heterocycles. The first-order chi connectivity index (χ1) is 8.76. The van der Waals surface area contributed by atoms with Gasteiger partial charge in [0, 0.05) is 19.0 Å². The molecule has 1 N–H and O–H groups in total. The number of hydrogen-bond acceptors (Lipinski definition) is 2. The van der Waals surface area contributed by atoms with E-state index in [-0.39, 0.29) is 11.8 Å². The predicted molar refractivity (Wildman–Crippen MR) is 68.4 cm³/mol. The van der Waals surface area contributed by atoms with Gasteiger partial charge in [-0.2, -0.15) is 18.4 Å². The van der Waals surface area contributed by atoms with Crippen LogP contribution in [0.3, 0.4) is 0 Å². The second-order valence-corrected chi connectivity index (χ2v) is 6.24. The highest BCUT2D eigenvalue weighted by Crippen LogP contribution is 2.38. The fraction of sp³-hybridized carbons (Fsp3) is 0.929. The molecule has 2 nitrogen and oxygen atoms in total. The molecule has 2 unspecified atom stereocenters. The lowest BCUT2D eigenvalue weighted by Gasteiger charge is -2.36. The smallest absolute Gasteiger partial charge is 0.313 e. The van der Waals surface area contributed by atoms with Crippen LogP contribution in [-0.2, 0) is 0 Å². The van der Waals surface area contributed by atoms with Crippen LogP contribution in [-0.4, -0.2) is 18.8 Å². The van der Waals surface area contributed by atoms with Crippen molar-refractivity contribution in [1.29, 1.82) is 5.26 Å². The molecule has 0 amide bonds. The minimum Gasteiger partial charge on any atom is -0.313 e. The van der Waals surface area contributed by atoms with Crippen molar-refractivity contribution < 1.29 is 13.2 Å². The van der Waals surface area contributed by atoms with Gasteiger partial charge >= 0.3 is 6.18 Å². The zero-order valence-corrected chi connectivity index (χ0v) is 11.7. The van der Waals surface area contributed by atoms with E-state index in [4.69, 9.17) is 5.26 Å². The van der Waals surface area contributed by atoms with E-state index in [1.807, 2.05) is 13.8 Å². The lowest BCUT2D eigenvalue weighted by Crippen LogP contribution is -2.48. The molecule has 0 heterocycles. The van der Waals surface area contributed by atoms with Crippen molar-refractivity contribution in [2.45, 2.75) is 64.6 Å². The van der Waals surface area contributed by atoms with E-state index in [9.17, 15) is 13.2 Å². The second-order valence-electron chi connectivity index (χ2n) is 6.24. The third kappa shape index (κ3) is 5.40. The number of nitrogens with zero attached hydrogens (tertiary/aromatic N) is 1. The normalized spacial score (nSPS) is 25.1. The Bertz CT molecular complexity index is 318. The third-order valence-electron chi connectivity index (χ3n) is 3.94. The summed E-state index contributed by atoms with van der Waals surface area (Å²) in [5, 5.41) is 11.7. The zero-order chi connectivity index (χ0) is 14.5. The number of nitrogens with one attached hydrogen (secondary N) is 1. The molecule has 1 saturated carbocycles. The largest absolute Gasteiger partial charge is 0.393 e. The van der Waals surface area contributed by atoms with E-state index in [2.05, 4.69) is 11.4 Å². The standard InChI is InChI=1S/C14H23F3N2/c1-13(2,8-5-9-18)10-19-12-7-4-3-6-11(12)14(15,16)17/h11-12,19H,3-8,10H2,1-2H3. The molecule has 1 rings (SSSR count). The van der Waals surface area contributed by atoms with Gasteiger partial charge in [0.15, 0.2) is 0 Å². The number of halogens is 3. The van der Waals surface area contributed by atoms with E-state index in [0.29, 0.717) is 32.2 Å². The molecule has 0 aromatic rings. The Kier molecular flexibility index (Phi) is 5.66. The van der Waals surface area contributed by atoms with Crippen LogP contribution in [0.5, 0.6) is 0 Å². The lowest BCUT2D eigenvalue weighted by atomic mass is 9.82. The fourth-order valence-corrected chi connectivity index (χ4v) is 2.66. The van der Waals surface area contributed by atoms with E-state index < -0.39 is 18.1 Å². The van der Waals surface area contributed by atoms with Gasteiger partial charge in [0.25, 0.3) is 0 Å². The van der Waals surface area contributed by atoms with Gasteiger partial charge in [-0.15, -0.1) is 0 Å². The van der Waals surface area contributed by atoms with Crippen LogP contribution in [0.1, 0.15) is 52.4 Å². The van der Waals surface area contributed by atoms with Gasteiger partial charge in [0.1, 0.15) is 0 Å². The van der Waals surface area contributed by atoms with Gasteiger partial charge in [0.2, 0.25) is 0 Å². The Morgan fingerprint density at radius 3 is 2.42 bits per heavy atom. The number of hydrogen-bond donors (Lipinski definition) is 1. The second kappa shape index (κ2) is 6.60. The zero-order valence-electron chi connectivity index (χ0n) is 11.7. The molecule has 19 heavy (non-hydrogen) atoms. The molecule has 0 radical (unpaired) electrons. The Morgan fingerprint density at radius 2 is 1.84 bits per heavy atom. The SMILES string of the molecule is CC(C)(CCC#N)CNC1CCCCC1C(F)(F)F. The molecular formula is C14H23F3N2. The summed E-state index contributed by atoms with van der Waals surface area (Å²) in [5.74, 6) is -1.21. The molecule has 5 heteroatoms. The Morgan fingerprint density at radius 1 is 1.21 bits per heavy atom. The quantitative estimate of drug-likeness (QED) is 0.823. The van der Waals surface area contributed by atoms with Crippen molar-refractivity contribution in [1.82, 2.24) is 5.32 Å². The van der Waals surface area contributed by atoms with Crippen molar-refractivity contribution in [3.05, 3.63) is 0 Å². The molecular weight excluding hydrogens is 253 g/mol. The molecule has 1 fully saturated rings. The Labute approximate surface area is 113 Å². The fourth-order valence-electron chi connectivity index (χ4n) is 2.66. The predicted octanol–water partition coefficient (Wildman–Crippen LogP) is 4.03. The minimum atomic E-state index is -4.10. The first kappa shape index (κ1) is 16.3. The van der Waals surface area contributed by atoms with Crippen molar-refractivity contribution in [3.63, 3.8) is 0 Å². The first-order valence-corrected chi connectivity index (χ1v) is 6.93. The van der Waals surface area contributed by atoms with Crippen LogP contribution in [0.25, 0.3) is 0 Å². The molecule has 0 saturated heterocycles. The van der Waals surface area contributed by atoms with E-state index in [1.54, 1.807) is 0 Å². The third-order valence-corrected chi connectivity index (χ3v) is 3.94. The number of alkyl halides is 3.